The summed E-state index contributed by atoms with van der Waals surface area (Å²) in [5, 5.41) is 38.9. The zero-order valence-electron chi connectivity index (χ0n) is 19.8. The van der Waals surface area contributed by atoms with E-state index in [9.17, 15) is 21.0 Å². The van der Waals surface area contributed by atoms with E-state index in [0.717, 1.165) is 36.5 Å². The molecular weight excluding hydrogens is 488 g/mol. The first-order valence-corrected chi connectivity index (χ1v) is 15.2. The topological polar surface area (TPSA) is 145 Å². The summed E-state index contributed by atoms with van der Waals surface area (Å²) in [6.45, 7) is 0. The number of nitriles is 4. The van der Waals surface area contributed by atoms with Crippen LogP contribution in [0.5, 0.6) is 0 Å². The zero-order valence-corrected chi connectivity index (χ0v) is 21.5. The normalized spacial score (nSPS) is 47.0. The van der Waals surface area contributed by atoms with Gasteiger partial charge < -0.3 is 0 Å². The van der Waals surface area contributed by atoms with Gasteiger partial charge in [0, 0.05) is 22.3 Å². The Morgan fingerprint density at radius 3 is 1.33 bits per heavy atom. The third-order valence-corrected chi connectivity index (χ3v) is 13.5. The molecule has 2 bridgehead atoms. The Kier molecular flexibility index (Phi) is 6.37. The molecule has 10 unspecified atom stereocenters. The zero-order chi connectivity index (χ0) is 24.8. The Morgan fingerprint density at radius 1 is 0.556 bits per heavy atom. The van der Waals surface area contributed by atoms with Crippen molar-refractivity contribution in [2.45, 2.75) is 61.9 Å². The molecule has 10 heteroatoms. The summed E-state index contributed by atoms with van der Waals surface area (Å²) >= 11 is 0. The molecule has 7 rings (SSSR count). The summed E-state index contributed by atoms with van der Waals surface area (Å²) in [7, 11) is 4.18. The third kappa shape index (κ3) is 3.61. The lowest BCUT2D eigenvalue weighted by atomic mass is 9.50. The molecule has 0 spiro atoms. The minimum Gasteiger partial charge on any atom is -0.176 e. The second kappa shape index (κ2) is 9.66. The molecule has 0 amide bonds. The minimum atomic E-state index is -0.155. The maximum Gasteiger partial charge on any atom is 0.206 e. The van der Waals surface area contributed by atoms with Crippen LogP contribution in [0.15, 0.2) is 20.0 Å². The van der Waals surface area contributed by atoms with E-state index in [1.165, 1.54) is 38.5 Å². The van der Waals surface area contributed by atoms with Crippen molar-refractivity contribution in [1.82, 2.24) is 0 Å². The van der Waals surface area contributed by atoms with Crippen molar-refractivity contribution in [3.05, 3.63) is 0 Å². The first-order chi connectivity index (χ1) is 17.7. The summed E-state index contributed by atoms with van der Waals surface area (Å²) in [6, 6.07) is 0. The first-order valence-electron chi connectivity index (χ1n) is 12.9. The molecule has 8 nitrogen and oxygen atoms in total. The van der Waals surface area contributed by atoms with Gasteiger partial charge in [0.25, 0.3) is 0 Å². The summed E-state index contributed by atoms with van der Waals surface area (Å²) in [5.74, 6) is 4.00. The third-order valence-electron chi connectivity index (χ3n) is 9.90. The van der Waals surface area contributed by atoms with E-state index in [2.05, 4.69) is 41.6 Å². The highest BCUT2D eigenvalue weighted by molar-refractivity contribution is 8.77. The molecule has 182 valence electrons. The number of hydrogen-bond donors (Lipinski definition) is 0. The SMILES string of the molecule is N#CN=C1C(=NC#N)C(=NC#N)C2CC3C(CC2C1=NC#N)C1SSC3C2CC3CCCCC3CC21. The van der Waals surface area contributed by atoms with Crippen molar-refractivity contribution >= 4 is 44.4 Å². The molecule has 0 aromatic rings. The van der Waals surface area contributed by atoms with Crippen molar-refractivity contribution in [2.24, 2.45) is 67.3 Å². The average Bonchev–Trinajstić information content (AvgIpc) is 2.91. The second-order valence-corrected chi connectivity index (χ2v) is 13.7. The molecule has 7 fully saturated rings. The van der Waals surface area contributed by atoms with Crippen LogP contribution in [-0.2, 0) is 0 Å². The molecule has 2 saturated heterocycles. The summed E-state index contributed by atoms with van der Waals surface area (Å²) in [6.07, 6.45) is 17.3. The molecule has 0 N–H and O–H groups in total. The van der Waals surface area contributed by atoms with E-state index in [1.54, 1.807) is 12.4 Å². The molecule has 10 atom stereocenters. The van der Waals surface area contributed by atoms with Gasteiger partial charge in [0.05, 0.1) is 11.4 Å². The molecule has 36 heavy (non-hydrogen) atoms. The van der Waals surface area contributed by atoms with Crippen LogP contribution >= 0.6 is 21.6 Å². The van der Waals surface area contributed by atoms with Gasteiger partial charge in [-0.3, -0.25) is 0 Å². The lowest BCUT2D eigenvalue weighted by Gasteiger charge is -2.63. The van der Waals surface area contributed by atoms with E-state index in [0.29, 0.717) is 33.8 Å². The Bertz CT molecular complexity index is 1140. The van der Waals surface area contributed by atoms with E-state index in [1.807, 2.05) is 12.4 Å². The molecule has 0 radical (unpaired) electrons. The maximum atomic E-state index is 9.51. The quantitative estimate of drug-likeness (QED) is 0.331. The minimum absolute atomic E-state index is 0.123. The summed E-state index contributed by atoms with van der Waals surface area (Å²) in [4.78, 5) is 16.1. The second-order valence-electron chi connectivity index (χ2n) is 11.1. The molecule has 2 heterocycles. The van der Waals surface area contributed by atoms with Crippen molar-refractivity contribution < 1.29 is 0 Å². The van der Waals surface area contributed by atoms with E-state index >= 15 is 0 Å². The molecule has 5 saturated carbocycles. The lowest BCUT2D eigenvalue weighted by molar-refractivity contribution is -0.00211. The Hall–Kier alpha value is -2.66. The molecule has 5 aliphatic carbocycles. The monoisotopic (exact) mass is 514 g/mol. The van der Waals surface area contributed by atoms with Gasteiger partial charge in [0.2, 0.25) is 24.8 Å². The maximum absolute atomic E-state index is 9.51. The fourth-order valence-corrected chi connectivity index (χ4v) is 13.2. The molecule has 0 aromatic heterocycles. The number of nitrogens with zero attached hydrogens (tertiary/aromatic N) is 8. The van der Waals surface area contributed by atoms with Crippen molar-refractivity contribution in [3.63, 3.8) is 0 Å². The molecule has 7 aliphatic rings. The van der Waals surface area contributed by atoms with E-state index in [4.69, 9.17) is 0 Å². The summed E-state index contributed by atoms with van der Waals surface area (Å²) < 4.78 is 0. The Labute approximate surface area is 219 Å². The number of hydrogen-bond acceptors (Lipinski definition) is 10. The van der Waals surface area contributed by atoms with Gasteiger partial charge in [0.1, 0.15) is 11.4 Å². The Morgan fingerprint density at radius 2 is 0.944 bits per heavy atom. The highest BCUT2D eigenvalue weighted by Crippen LogP contribution is 2.68. The predicted octanol–water partition coefficient (Wildman–Crippen LogP) is 4.93. The van der Waals surface area contributed by atoms with Gasteiger partial charge in [0.15, 0.2) is 0 Å². The van der Waals surface area contributed by atoms with Crippen molar-refractivity contribution in [3.8, 4) is 24.8 Å². The number of rotatable bonds is 0. The van der Waals surface area contributed by atoms with Crippen LogP contribution in [0.1, 0.15) is 51.4 Å². The molecule has 0 aromatic carbocycles. The lowest BCUT2D eigenvalue weighted by Crippen LogP contribution is -2.61. The fourth-order valence-electron chi connectivity index (χ4n) is 8.68. The summed E-state index contributed by atoms with van der Waals surface area (Å²) in [5.41, 5.74) is 1.11. The highest BCUT2D eigenvalue weighted by Gasteiger charge is 2.61. The first kappa shape index (κ1) is 23.7. The number of fused-ring (bicyclic) bond motifs is 3. The van der Waals surface area contributed by atoms with Gasteiger partial charge in [-0.25, -0.2) is 0 Å². The average molecular weight is 515 g/mol. The van der Waals surface area contributed by atoms with Gasteiger partial charge in [-0.05, 0) is 61.2 Å². The van der Waals surface area contributed by atoms with Crippen LogP contribution in [0.25, 0.3) is 0 Å². The van der Waals surface area contributed by atoms with Gasteiger partial charge in [-0.15, -0.1) is 0 Å². The number of aliphatic imine (C=N–C) groups is 4. The van der Waals surface area contributed by atoms with E-state index < -0.39 is 0 Å². The predicted molar refractivity (Wildman–Crippen MR) is 140 cm³/mol. The van der Waals surface area contributed by atoms with Crippen molar-refractivity contribution in [2.75, 3.05) is 0 Å². The van der Waals surface area contributed by atoms with Gasteiger partial charge >= 0.3 is 0 Å². The van der Waals surface area contributed by atoms with E-state index in [-0.39, 0.29) is 23.3 Å². The van der Waals surface area contributed by atoms with Crippen LogP contribution in [0, 0.1) is 93.2 Å². The smallest absolute Gasteiger partial charge is 0.176 e. The molecule has 2 aliphatic heterocycles. The van der Waals surface area contributed by atoms with Gasteiger partial charge in [-0.2, -0.15) is 41.0 Å². The molecular formula is C26H26N8S2. The van der Waals surface area contributed by atoms with Crippen LogP contribution in [0.4, 0.5) is 0 Å². The van der Waals surface area contributed by atoms with Crippen LogP contribution < -0.4 is 0 Å². The van der Waals surface area contributed by atoms with Crippen LogP contribution in [-0.4, -0.2) is 33.3 Å². The largest absolute Gasteiger partial charge is 0.206 e. The van der Waals surface area contributed by atoms with Crippen LogP contribution in [0.3, 0.4) is 0 Å². The van der Waals surface area contributed by atoms with Crippen LogP contribution in [0.2, 0.25) is 0 Å². The fraction of sp³-hybridized carbons (Fsp3) is 0.692. The van der Waals surface area contributed by atoms with Gasteiger partial charge in [-0.1, -0.05) is 47.3 Å². The standard InChI is InChI=1S/C26H26N8S2/c27-9-31-21-15-7-19-20(8-16(15)22(32-10-28)24(34-12-30)23(21)33-11-29)26-18-6-14-4-2-1-3-13(14)5-17(18)25(19)35-36-26/h13-20,25-26H,1-8H2. The van der Waals surface area contributed by atoms with Crippen molar-refractivity contribution in [1.29, 1.82) is 21.0 Å². The Balaban J connectivity index is 1.40. The highest BCUT2D eigenvalue weighted by atomic mass is 33.1.